The first-order valence-electron chi connectivity index (χ1n) is 3.68. The van der Waals surface area contributed by atoms with Crippen molar-refractivity contribution in [1.29, 1.82) is 0 Å². The van der Waals surface area contributed by atoms with Crippen molar-refractivity contribution in [1.82, 2.24) is 10.3 Å². The predicted molar refractivity (Wildman–Crippen MR) is 47.5 cm³/mol. The third kappa shape index (κ3) is 1.30. The fourth-order valence-corrected chi connectivity index (χ4v) is 1.80. The van der Waals surface area contributed by atoms with Crippen molar-refractivity contribution < 1.29 is 0 Å². The smallest absolute Gasteiger partial charge is 0.0413 e. The minimum atomic E-state index is 0.687. The molecule has 0 spiro atoms. The minimum Gasteiger partial charge on any atom is -0.315 e. The van der Waals surface area contributed by atoms with Gasteiger partial charge in [-0.2, -0.15) is 0 Å². The van der Waals surface area contributed by atoms with Crippen molar-refractivity contribution in [2.75, 3.05) is 13.1 Å². The standard InChI is InChI=1S/C8H9BrN2/c9-8-5-10-2-1-7(8)6-3-11-4-6/h1-2,5-6,11H,3-4H2. The van der Waals surface area contributed by atoms with E-state index in [0.29, 0.717) is 5.92 Å². The number of halogens is 1. The van der Waals surface area contributed by atoms with Crippen LogP contribution in [0.5, 0.6) is 0 Å². The monoisotopic (exact) mass is 212 g/mol. The van der Waals surface area contributed by atoms with Gasteiger partial charge in [0.15, 0.2) is 0 Å². The van der Waals surface area contributed by atoms with E-state index in [1.54, 1.807) is 0 Å². The lowest BCUT2D eigenvalue weighted by Gasteiger charge is -2.27. The van der Waals surface area contributed by atoms with E-state index in [2.05, 4.69) is 32.3 Å². The lowest BCUT2D eigenvalue weighted by Crippen LogP contribution is -2.40. The topological polar surface area (TPSA) is 24.9 Å². The van der Waals surface area contributed by atoms with Crippen molar-refractivity contribution in [3.63, 3.8) is 0 Å². The van der Waals surface area contributed by atoms with Gasteiger partial charge in [-0.3, -0.25) is 4.98 Å². The average Bonchev–Trinajstić information content (AvgIpc) is 1.90. The van der Waals surface area contributed by atoms with Gasteiger partial charge < -0.3 is 5.32 Å². The Hall–Kier alpha value is -0.410. The number of nitrogens with one attached hydrogen (secondary N) is 1. The van der Waals surface area contributed by atoms with Crippen molar-refractivity contribution in [3.8, 4) is 0 Å². The van der Waals surface area contributed by atoms with Crippen molar-refractivity contribution in [3.05, 3.63) is 28.5 Å². The summed E-state index contributed by atoms with van der Waals surface area (Å²) in [6.45, 7) is 2.20. The first-order chi connectivity index (χ1) is 5.38. The summed E-state index contributed by atoms with van der Waals surface area (Å²) in [7, 11) is 0. The second-order valence-corrected chi connectivity index (χ2v) is 3.61. The second-order valence-electron chi connectivity index (χ2n) is 2.75. The van der Waals surface area contributed by atoms with Gasteiger partial charge in [0.1, 0.15) is 0 Å². The number of hydrogen-bond acceptors (Lipinski definition) is 2. The van der Waals surface area contributed by atoms with E-state index in [1.165, 1.54) is 5.56 Å². The van der Waals surface area contributed by atoms with Gasteiger partial charge in [-0.1, -0.05) is 0 Å². The van der Waals surface area contributed by atoms with Crippen LogP contribution in [0, 0.1) is 0 Å². The highest BCUT2D eigenvalue weighted by atomic mass is 79.9. The quantitative estimate of drug-likeness (QED) is 0.765. The highest BCUT2D eigenvalue weighted by Crippen LogP contribution is 2.26. The highest BCUT2D eigenvalue weighted by molar-refractivity contribution is 9.10. The Balaban J connectivity index is 2.28. The summed E-state index contributed by atoms with van der Waals surface area (Å²) in [6, 6.07) is 2.08. The first-order valence-corrected chi connectivity index (χ1v) is 4.47. The molecule has 0 radical (unpaired) electrons. The first kappa shape index (κ1) is 7.25. The molecule has 0 amide bonds. The molecule has 0 unspecified atom stereocenters. The summed E-state index contributed by atoms with van der Waals surface area (Å²) in [5.74, 6) is 0.687. The van der Waals surface area contributed by atoms with Crippen LogP contribution >= 0.6 is 15.9 Å². The van der Waals surface area contributed by atoms with Crippen molar-refractivity contribution in [2.45, 2.75) is 5.92 Å². The molecule has 1 N–H and O–H groups in total. The molecule has 3 heteroatoms. The lowest BCUT2D eigenvalue weighted by molar-refractivity contribution is 0.447. The third-order valence-electron chi connectivity index (χ3n) is 2.03. The average molecular weight is 213 g/mol. The minimum absolute atomic E-state index is 0.687. The molecule has 2 nitrogen and oxygen atoms in total. The maximum Gasteiger partial charge on any atom is 0.0413 e. The van der Waals surface area contributed by atoms with Crippen LogP contribution in [0.2, 0.25) is 0 Å². The summed E-state index contributed by atoms with van der Waals surface area (Å²) in [6.07, 6.45) is 3.70. The molecule has 0 aliphatic carbocycles. The number of aromatic nitrogens is 1. The normalized spacial score (nSPS) is 17.9. The summed E-state index contributed by atoms with van der Waals surface area (Å²) in [5.41, 5.74) is 1.37. The molecule has 0 atom stereocenters. The van der Waals surface area contributed by atoms with E-state index in [1.807, 2.05) is 12.4 Å². The largest absolute Gasteiger partial charge is 0.315 e. The zero-order valence-corrected chi connectivity index (χ0v) is 7.63. The van der Waals surface area contributed by atoms with Crippen molar-refractivity contribution in [2.24, 2.45) is 0 Å². The summed E-state index contributed by atoms with van der Waals surface area (Å²) in [5, 5.41) is 3.25. The molecule has 0 saturated carbocycles. The van der Waals surface area contributed by atoms with E-state index in [-0.39, 0.29) is 0 Å². The van der Waals surface area contributed by atoms with Gasteiger partial charge in [-0.15, -0.1) is 0 Å². The predicted octanol–water partition coefficient (Wildman–Crippen LogP) is 1.53. The Labute approximate surface area is 74.2 Å². The van der Waals surface area contributed by atoms with Gasteiger partial charge in [0, 0.05) is 35.9 Å². The molecule has 11 heavy (non-hydrogen) atoms. The molecule has 0 bridgehead atoms. The van der Waals surface area contributed by atoms with Crippen LogP contribution in [0.15, 0.2) is 22.9 Å². The summed E-state index contributed by atoms with van der Waals surface area (Å²) < 4.78 is 1.13. The number of rotatable bonds is 1. The molecule has 1 saturated heterocycles. The zero-order valence-electron chi connectivity index (χ0n) is 6.05. The number of pyridine rings is 1. The molecule has 1 fully saturated rings. The van der Waals surface area contributed by atoms with E-state index >= 15 is 0 Å². The maximum atomic E-state index is 4.02. The highest BCUT2D eigenvalue weighted by Gasteiger charge is 2.20. The van der Waals surface area contributed by atoms with Crippen LogP contribution in [-0.2, 0) is 0 Å². The molecular formula is C8H9BrN2. The van der Waals surface area contributed by atoms with Gasteiger partial charge in [0.05, 0.1) is 0 Å². The summed E-state index contributed by atoms with van der Waals surface area (Å²) >= 11 is 3.48. The van der Waals surface area contributed by atoms with Crippen LogP contribution in [0.1, 0.15) is 11.5 Å². The van der Waals surface area contributed by atoms with E-state index in [9.17, 15) is 0 Å². The molecule has 58 valence electrons. The number of hydrogen-bond donors (Lipinski definition) is 1. The van der Waals surface area contributed by atoms with E-state index in [4.69, 9.17) is 0 Å². The Kier molecular flexibility index (Phi) is 1.92. The Morgan fingerprint density at radius 3 is 2.91 bits per heavy atom. The van der Waals surface area contributed by atoms with Gasteiger partial charge in [0.2, 0.25) is 0 Å². The molecule has 0 aromatic carbocycles. The second kappa shape index (κ2) is 2.91. The van der Waals surface area contributed by atoms with Crippen LogP contribution in [0.4, 0.5) is 0 Å². The fraction of sp³-hybridized carbons (Fsp3) is 0.375. The van der Waals surface area contributed by atoms with Crippen LogP contribution < -0.4 is 5.32 Å². The molecule has 2 heterocycles. The summed E-state index contributed by atoms with van der Waals surface area (Å²) in [4.78, 5) is 4.02. The molecule has 1 aliphatic heterocycles. The molecular weight excluding hydrogens is 204 g/mol. The van der Waals surface area contributed by atoms with Gasteiger partial charge in [-0.05, 0) is 27.6 Å². The van der Waals surface area contributed by atoms with Gasteiger partial charge in [0.25, 0.3) is 0 Å². The zero-order chi connectivity index (χ0) is 7.68. The van der Waals surface area contributed by atoms with E-state index in [0.717, 1.165) is 17.6 Å². The number of nitrogens with zero attached hydrogens (tertiary/aromatic N) is 1. The van der Waals surface area contributed by atoms with Crippen LogP contribution in [0.3, 0.4) is 0 Å². The molecule has 2 rings (SSSR count). The molecule has 1 aliphatic rings. The fourth-order valence-electron chi connectivity index (χ4n) is 1.23. The Morgan fingerprint density at radius 2 is 2.36 bits per heavy atom. The Morgan fingerprint density at radius 1 is 1.55 bits per heavy atom. The van der Waals surface area contributed by atoms with E-state index < -0.39 is 0 Å². The Bertz CT molecular complexity index is 258. The SMILES string of the molecule is Brc1cnccc1C1CNC1. The van der Waals surface area contributed by atoms with Crippen molar-refractivity contribution >= 4 is 15.9 Å². The third-order valence-corrected chi connectivity index (χ3v) is 2.69. The van der Waals surface area contributed by atoms with Crippen LogP contribution in [0.25, 0.3) is 0 Å². The molecule has 1 aromatic heterocycles. The maximum absolute atomic E-state index is 4.02. The van der Waals surface area contributed by atoms with Crippen LogP contribution in [-0.4, -0.2) is 18.1 Å². The van der Waals surface area contributed by atoms with Gasteiger partial charge in [-0.25, -0.2) is 0 Å². The molecule has 1 aromatic rings. The van der Waals surface area contributed by atoms with Gasteiger partial charge >= 0.3 is 0 Å². The lowest BCUT2D eigenvalue weighted by atomic mass is 9.95.